The number of allylic oxidation sites excluding steroid dienone is 5. The molecule has 0 aliphatic heterocycles. The van der Waals surface area contributed by atoms with Crippen molar-refractivity contribution in [2.75, 3.05) is 0 Å². The van der Waals surface area contributed by atoms with Crippen LogP contribution in [-0.2, 0) is 23.2 Å². The van der Waals surface area contributed by atoms with Crippen LogP contribution in [-0.4, -0.2) is 0 Å². The molecule has 0 spiro atoms. The minimum atomic E-state index is -0.782. The van der Waals surface area contributed by atoms with Gasteiger partial charge in [-0.05, 0) is 0 Å². The van der Waals surface area contributed by atoms with E-state index < -0.39 is 23.2 Å². The van der Waals surface area contributed by atoms with E-state index in [0.717, 1.165) is 0 Å². The third kappa shape index (κ3) is 4.22. The first kappa shape index (κ1) is 25.3. The molecule has 29 heavy (non-hydrogen) atoms. The number of hydrogen-bond acceptors (Lipinski definition) is 0. The molecule has 0 aromatic heterocycles. The summed E-state index contributed by atoms with van der Waals surface area (Å²) in [5, 5.41) is 0. The molecule has 0 N–H and O–H groups in total. The van der Waals surface area contributed by atoms with Crippen molar-refractivity contribution in [2.24, 2.45) is 0 Å². The van der Waals surface area contributed by atoms with Gasteiger partial charge in [-0.25, -0.2) is 0 Å². The molecule has 0 heterocycles. The summed E-state index contributed by atoms with van der Waals surface area (Å²) in [5.74, 6) is 0. The molecule has 0 radical (unpaired) electrons. The van der Waals surface area contributed by atoms with Gasteiger partial charge in [0.25, 0.3) is 0 Å². The normalized spacial score (nSPS) is 19.2. The average Bonchev–Trinajstić information content (AvgIpc) is 3.07. The topological polar surface area (TPSA) is 0 Å². The molecular formula is C26H28I2Zr. The molecular weight excluding hydrogens is 657 g/mol. The standard InChI is InChI=1S/C16H13.C10H15.2HI.Zr/c1-12-10-14-8-5-9-15(16(14)11-12)13-6-3-2-4-7-13;1-6-7(2)9(4)10(5)8(6)3;;;/h2-11H,1H3;1-5H3;2*1H;/q;;;;+2/p-2. The Morgan fingerprint density at radius 2 is 1.34 bits per heavy atom. The van der Waals surface area contributed by atoms with E-state index in [1.807, 2.05) is 0 Å². The summed E-state index contributed by atoms with van der Waals surface area (Å²) in [4.78, 5) is 0. The van der Waals surface area contributed by atoms with Gasteiger partial charge in [0.2, 0.25) is 0 Å². The molecule has 2 aromatic rings. The van der Waals surface area contributed by atoms with Crippen LogP contribution >= 0.6 is 0 Å². The van der Waals surface area contributed by atoms with E-state index >= 15 is 0 Å². The first-order chi connectivity index (χ1) is 12.8. The minimum Gasteiger partial charge on any atom is -1.00 e. The fraction of sp³-hybridized carbons (Fsp3) is 0.308. The summed E-state index contributed by atoms with van der Waals surface area (Å²) in [6.07, 6.45) is 2.47. The molecule has 0 amide bonds. The van der Waals surface area contributed by atoms with Crippen LogP contribution in [0.25, 0.3) is 17.2 Å². The van der Waals surface area contributed by atoms with E-state index in [4.69, 9.17) is 0 Å². The molecule has 150 valence electrons. The van der Waals surface area contributed by atoms with Crippen LogP contribution in [0, 0.1) is 0 Å². The zero-order valence-corrected chi connectivity index (χ0v) is 24.8. The first-order valence-corrected chi connectivity index (χ1v) is 12.5. The molecule has 0 bridgehead atoms. The molecule has 3 heteroatoms. The molecule has 1 unspecified atom stereocenters. The Labute approximate surface area is 222 Å². The summed E-state index contributed by atoms with van der Waals surface area (Å²) >= 11 is -0.782. The maximum atomic E-state index is 2.52. The monoisotopic (exact) mass is 684 g/mol. The predicted molar refractivity (Wildman–Crippen MR) is 113 cm³/mol. The van der Waals surface area contributed by atoms with Crippen molar-refractivity contribution < 1.29 is 71.2 Å². The maximum Gasteiger partial charge on any atom is -1.00 e. The van der Waals surface area contributed by atoms with E-state index in [2.05, 4.69) is 96.1 Å². The Bertz CT molecular complexity index is 988. The van der Waals surface area contributed by atoms with Gasteiger partial charge in [0.1, 0.15) is 0 Å². The molecule has 2 aliphatic rings. The largest absolute Gasteiger partial charge is 1.00 e. The molecule has 0 saturated heterocycles. The molecule has 1 atom stereocenters. The second-order valence-electron chi connectivity index (χ2n) is 8.27. The maximum absolute atomic E-state index is 2.52. The Hall–Kier alpha value is 0.00312. The molecule has 2 aromatic carbocycles. The van der Waals surface area contributed by atoms with Crippen LogP contribution in [0.2, 0.25) is 3.12 Å². The summed E-state index contributed by atoms with van der Waals surface area (Å²) in [7, 11) is 0. The zero-order valence-electron chi connectivity index (χ0n) is 18.0. The molecule has 2 aliphatic carbocycles. The second kappa shape index (κ2) is 9.65. The van der Waals surface area contributed by atoms with Crippen LogP contribution in [0.3, 0.4) is 0 Å². The van der Waals surface area contributed by atoms with Gasteiger partial charge in [-0.1, -0.05) is 0 Å². The molecule has 0 saturated carbocycles. The Balaban J connectivity index is 0.00000150. The van der Waals surface area contributed by atoms with Crippen molar-refractivity contribution in [3.63, 3.8) is 0 Å². The fourth-order valence-corrected chi connectivity index (χ4v) is 9.88. The first-order valence-electron chi connectivity index (χ1n) is 9.85. The van der Waals surface area contributed by atoms with Crippen LogP contribution in [0.1, 0.15) is 56.3 Å². The van der Waals surface area contributed by atoms with E-state index in [1.54, 1.807) is 22.3 Å². The van der Waals surface area contributed by atoms with Crippen molar-refractivity contribution in [3.8, 4) is 11.1 Å². The van der Waals surface area contributed by atoms with Crippen molar-refractivity contribution in [1.29, 1.82) is 0 Å². The summed E-state index contributed by atoms with van der Waals surface area (Å²) in [6.45, 7) is 14.3. The van der Waals surface area contributed by atoms with Crippen molar-refractivity contribution >= 4 is 6.08 Å². The van der Waals surface area contributed by atoms with Gasteiger partial charge in [0.05, 0.1) is 0 Å². The third-order valence-corrected chi connectivity index (χ3v) is 12.8. The summed E-state index contributed by atoms with van der Waals surface area (Å²) in [5.41, 5.74) is 13.7. The van der Waals surface area contributed by atoms with Gasteiger partial charge in [-0.15, -0.1) is 0 Å². The Kier molecular flexibility index (Phi) is 8.41. The Morgan fingerprint density at radius 3 is 1.93 bits per heavy atom. The second-order valence-corrected chi connectivity index (χ2v) is 12.9. The molecule has 0 nitrogen and oxygen atoms in total. The average molecular weight is 686 g/mol. The van der Waals surface area contributed by atoms with Gasteiger partial charge < -0.3 is 48.0 Å². The van der Waals surface area contributed by atoms with Crippen molar-refractivity contribution in [1.82, 2.24) is 0 Å². The number of fused-ring (bicyclic) bond motifs is 1. The van der Waals surface area contributed by atoms with Crippen LogP contribution in [0.5, 0.6) is 0 Å². The van der Waals surface area contributed by atoms with E-state index in [-0.39, 0.29) is 48.0 Å². The third-order valence-electron chi connectivity index (χ3n) is 6.98. The van der Waals surface area contributed by atoms with E-state index in [9.17, 15) is 0 Å². The number of rotatable bonds is 3. The van der Waals surface area contributed by atoms with Crippen LogP contribution in [0.4, 0.5) is 0 Å². The van der Waals surface area contributed by atoms with Gasteiger partial charge in [-0.2, -0.15) is 0 Å². The van der Waals surface area contributed by atoms with Crippen molar-refractivity contribution in [3.05, 3.63) is 87.5 Å². The van der Waals surface area contributed by atoms with E-state index in [0.29, 0.717) is 6.75 Å². The van der Waals surface area contributed by atoms with Gasteiger partial charge in [0, 0.05) is 0 Å². The van der Waals surface area contributed by atoms with Gasteiger partial charge in [-0.3, -0.25) is 0 Å². The van der Waals surface area contributed by atoms with Gasteiger partial charge in [0.15, 0.2) is 0 Å². The summed E-state index contributed by atoms with van der Waals surface area (Å²) < 4.78 is 1.00. The number of hydrogen-bond donors (Lipinski definition) is 0. The van der Waals surface area contributed by atoms with E-state index in [1.165, 1.54) is 27.8 Å². The quantitative estimate of drug-likeness (QED) is 0.433. The SMILES string of the molecule is CC1=Cc2c(-c3ccccc3)cccc2[CH]1[Zr+2][C]1(C)C(C)=C(C)C(C)=C1C.[I-].[I-]. The minimum absolute atomic E-state index is 0. The smallest absolute Gasteiger partial charge is 1.00 e. The van der Waals surface area contributed by atoms with Gasteiger partial charge >= 0.3 is 176 Å². The number of halogens is 2. The molecule has 4 rings (SSSR count). The molecule has 0 fully saturated rings. The number of benzene rings is 2. The van der Waals surface area contributed by atoms with Crippen LogP contribution < -0.4 is 48.0 Å². The Morgan fingerprint density at radius 1 is 0.759 bits per heavy atom. The predicted octanol–water partition coefficient (Wildman–Crippen LogP) is 1.77. The van der Waals surface area contributed by atoms with Crippen LogP contribution in [0.15, 0.2) is 76.4 Å². The summed E-state index contributed by atoms with van der Waals surface area (Å²) in [6, 6.07) is 17.8. The van der Waals surface area contributed by atoms with Crippen molar-refractivity contribution in [2.45, 2.75) is 48.3 Å². The zero-order chi connectivity index (χ0) is 19.3. The fourth-order valence-electron chi connectivity index (χ4n) is 4.71.